The summed E-state index contributed by atoms with van der Waals surface area (Å²) in [7, 11) is 0. The number of para-hydroxylation sites is 2. The summed E-state index contributed by atoms with van der Waals surface area (Å²) in [5.41, 5.74) is 1.26. The van der Waals surface area contributed by atoms with Crippen molar-refractivity contribution in [3.63, 3.8) is 0 Å². The van der Waals surface area contributed by atoms with Gasteiger partial charge in [-0.3, -0.25) is 4.90 Å². The van der Waals surface area contributed by atoms with Gasteiger partial charge in [-0.2, -0.15) is 0 Å². The molecule has 2 aromatic rings. The lowest BCUT2D eigenvalue weighted by atomic mass is 9.97. The molecule has 124 valence electrons. The minimum Gasteiger partial charge on any atom is -0.457 e. The van der Waals surface area contributed by atoms with E-state index in [-0.39, 0.29) is 12.1 Å². The number of benzene rings is 2. The van der Waals surface area contributed by atoms with E-state index in [4.69, 9.17) is 9.47 Å². The Kier molecular flexibility index (Phi) is 4.24. The molecule has 2 aliphatic rings. The first-order valence-corrected chi connectivity index (χ1v) is 8.39. The quantitative estimate of drug-likeness (QED) is 0.941. The average molecular weight is 323 g/mol. The Morgan fingerprint density at radius 2 is 1.75 bits per heavy atom. The molecule has 1 N–H and O–H groups in total. The van der Waals surface area contributed by atoms with E-state index < -0.39 is 0 Å². The lowest BCUT2D eigenvalue weighted by molar-refractivity contribution is 0.0346. The Morgan fingerprint density at radius 3 is 2.58 bits per heavy atom. The van der Waals surface area contributed by atoms with E-state index >= 15 is 0 Å². The van der Waals surface area contributed by atoms with Crippen LogP contribution in [-0.4, -0.2) is 28.7 Å². The van der Waals surface area contributed by atoms with Gasteiger partial charge in [0, 0.05) is 13.1 Å². The molecule has 0 bridgehead atoms. The molecule has 0 aromatic heterocycles. The SMILES string of the molecule is OC1CCN(Cc2ccccc2)C(C2=COc3ccccc3O2)C1. The van der Waals surface area contributed by atoms with Gasteiger partial charge in [-0.25, -0.2) is 0 Å². The minimum absolute atomic E-state index is 0.0160. The number of ether oxygens (including phenoxy) is 2. The summed E-state index contributed by atoms with van der Waals surface area (Å²) >= 11 is 0. The molecule has 1 fully saturated rings. The van der Waals surface area contributed by atoms with Gasteiger partial charge in [0.1, 0.15) is 6.26 Å². The topological polar surface area (TPSA) is 41.9 Å². The molecule has 2 heterocycles. The van der Waals surface area contributed by atoms with Gasteiger partial charge >= 0.3 is 0 Å². The first-order valence-electron chi connectivity index (χ1n) is 8.39. The van der Waals surface area contributed by atoms with Crippen molar-refractivity contribution in [2.24, 2.45) is 0 Å². The van der Waals surface area contributed by atoms with Crippen molar-refractivity contribution in [1.82, 2.24) is 4.90 Å². The molecule has 0 saturated carbocycles. The van der Waals surface area contributed by atoms with Gasteiger partial charge in [0.05, 0.1) is 12.1 Å². The lowest BCUT2D eigenvalue weighted by Crippen LogP contribution is -2.46. The Labute approximate surface area is 141 Å². The molecule has 0 radical (unpaired) electrons. The summed E-state index contributed by atoms with van der Waals surface area (Å²) in [5.74, 6) is 2.23. The number of hydrogen-bond acceptors (Lipinski definition) is 4. The molecule has 0 amide bonds. The van der Waals surface area contributed by atoms with Crippen molar-refractivity contribution in [2.75, 3.05) is 6.54 Å². The van der Waals surface area contributed by atoms with Crippen LogP contribution in [0.15, 0.2) is 66.6 Å². The van der Waals surface area contributed by atoms with Crippen molar-refractivity contribution in [3.8, 4) is 11.5 Å². The number of fused-ring (bicyclic) bond motifs is 1. The summed E-state index contributed by atoms with van der Waals surface area (Å²) in [4.78, 5) is 2.35. The van der Waals surface area contributed by atoms with Gasteiger partial charge in [0.25, 0.3) is 0 Å². The second kappa shape index (κ2) is 6.67. The number of piperidine rings is 1. The monoisotopic (exact) mass is 323 g/mol. The zero-order valence-electron chi connectivity index (χ0n) is 13.5. The van der Waals surface area contributed by atoms with Gasteiger partial charge in [-0.15, -0.1) is 0 Å². The van der Waals surface area contributed by atoms with Gasteiger partial charge in [0.2, 0.25) is 0 Å². The molecule has 2 unspecified atom stereocenters. The van der Waals surface area contributed by atoms with Crippen molar-refractivity contribution >= 4 is 0 Å². The Morgan fingerprint density at radius 1 is 1.00 bits per heavy atom. The number of aliphatic hydroxyl groups is 1. The summed E-state index contributed by atoms with van der Waals surface area (Å²) in [5, 5.41) is 10.1. The third-order valence-corrected chi connectivity index (χ3v) is 4.62. The maximum Gasteiger partial charge on any atom is 0.169 e. The second-order valence-corrected chi connectivity index (χ2v) is 6.34. The summed E-state index contributed by atoms with van der Waals surface area (Å²) in [6.07, 6.45) is 2.82. The van der Waals surface area contributed by atoms with Crippen molar-refractivity contribution in [2.45, 2.75) is 31.5 Å². The van der Waals surface area contributed by atoms with E-state index in [2.05, 4.69) is 29.2 Å². The van der Waals surface area contributed by atoms with Crippen LogP contribution in [0.5, 0.6) is 11.5 Å². The molecule has 0 spiro atoms. The molecule has 4 heteroatoms. The van der Waals surface area contributed by atoms with Crippen molar-refractivity contribution < 1.29 is 14.6 Å². The van der Waals surface area contributed by atoms with E-state index in [0.29, 0.717) is 6.42 Å². The number of hydrogen-bond donors (Lipinski definition) is 1. The maximum atomic E-state index is 10.1. The predicted octanol–water partition coefficient (Wildman–Crippen LogP) is 3.32. The summed E-state index contributed by atoms with van der Waals surface area (Å²) in [6.45, 7) is 1.67. The first-order chi connectivity index (χ1) is 11.8. The fraction of sp³-hybridized carbons (Fsp3) is 0.300. The van der Waals surface area contributed by atoms with Crippen molar-refractivity contribution in [3.05, 3.63) is 72.2 Å². The lowest BCUT2D eigenvalue weighted by Gasteiger charge is -2.39. The third-order valence-electron chi connectivity index (χ3n) is 4.62. The van der Waals surface area contributed by atoms with Crippen LogP contribution in [-0.2, 0) is 6.54 Å². The highest BCUT2D eigenvalue weighted by atomic mass is 16.6. The summed E-state index contributed by atoms with van der Waals surface area (Å²) in [6, 6.07) is 18.1. The fourth-order valence-electron chi connectivity index (χ4n) is 3.35. The first kappa shape index (κ1) is 15.2. The van der Waals surface area contributed by atoms with Gasteiger partial charge < -0.3 is 14.6 Å². The van der Waals surface area contributed by atoms with E-state index in [0.717, 1.165) is 36.8 Å². The molecule has 24 heavy (non-hydrogen) atoms. The minimum atomic E-state index is -0.302. The molecule has 0 aliphatic carbocycles. The zero-order valence-corrected chi connectivity index (χ0v) is 13.5. The van der Waals surface area contributed by atoms with Crippen LogP contribution in [0.1, 0.15) is 18.4 Å². The van der Waals surface area contributed by atoms with Crippen LogP contribution in [0.2, 0.25) is 0 Å². The number of aliphatic hydroxyl groups excluding tert-OH is 1. The van der Waals surface area contributed by atoms with E-state index in [1.165, 1.54) is 5.56 Å². The largest absolute Gasteiger partial charge is 0.457 e. The van der Waals surface area contributed by atoms with Crippen LogP contribution in [0.4, 0.5) is 0 Å². The highest BCUT2D eigenvalue weighted by Crippen LogP contribution is 2.35. The third kappa shape index (κ3) is 3.16. The highest BCUT2D eigenvalue weighted by molar-refractivity contribution is 5.43. The molecule has 1 saturated heterocycles. The van der Waals surface area contributed by atoms with Crippen LogP contribution in [0.3, 0.4) is 0 Å². The molecule has 2 aliphatic heterocycles. The van der Waals surface area contributed by atoms with Gasteiger partial charge in [0.15, 0.2) is 17.3 Å². The van der Waals surface area contributed by atoms with Gasteiger partial charge in [-0.1, -0.05) is 42.5 Å². The molecule has 2 aromatic carbocycles. The normalized spacial score (nSPS) is 23.6. The van der Waals surface area contributed by atoms with E-state index in [1.54, 1.807) is 6.26 Å². The van der Waals surface area contributed by atoms with Crippen molar-refractivity contribution in [1.29, 1.82) is 0 Å². The van der Waals surface area contributed by atoms with E-state index in [1.807, 2.05) is 30.3 Å². The Hall–Kier alpha value is -2.30. The second-order valence-electron chi connectivity index (χ2n) is 6.34. The highest BCUT2D eigenvalue weighted by Gasteiger charge is 2.33. The standard InChI is InChI=1S/C20H21NO3/c22-16-10-11-21(13-15-6-2-1-3-7-15)17(12-16)20-14-23-18-8-4-5-9-19(18)24-20/h1-9,14,16-17,22H,10-13H2. The molecule has 4 rings (SSSR count). The van der Waals surface area contributed by atoms with Crippen LogP contribution < -0.4 is 9.47 Å². The maximum absolute atomic E-state index is 10.1. The van der Waals surface area contributed by atoms with Gasteiger partial charge in [-0.05, 0) is 30.5 Å². The summed E-state index contributed by atoms with van der Waals surface area (Å²) < 4.78 is 11.8. The molecular weight excluding hydrogens is 302 g/mol. The van der Waals surface area contributed by atoms with E-state index in [9.17, 15) is 5.11 Å². The molecular formula is C20H21NO3. The predicted molar refractivity (Wildman–Crippen MR) is 91.7 cm³/mol. The molecule has 4 nitrogen and oxygen atoms in total. The fourth-order valence-corrected chi connectivity index (χ4v) is 3.35. The zero-order chi connectivity index (χ0) is 16.4. The molecule has 2 atom stereocenters. The average Bonchev–Trinajstić information content (AvgIpc) is 2.64. The number of likely N-dealkylation sites (tertiary alicyclic amines) is 1. The number of rotatable bonds is 3. The van der Waals surface area contributed by atoms with Crippen LogP contribution in [0.25, 0.3) is 0 Å². The van der Waals surface area contributed by atoms with Crippen LogP contribution in [0, 0.1) is 0 Å². The Bertz CT molecular complexity index is 729. The smallest absolute Gasteiger partial charge is 0.169 e. The Balaban J connectivity index is 1.55. The number of nitrogens with zero attached hydrogens (tertiary/aromatic N) is 1. The van der Waals surface area contributed by atoms with Crippen LogP contribution >= 0.6 is 0 Å².